The van der Waals surface area contributed by atoms with Crippen LogP contribution in [-0.2, 0) is 16.1 Å². The molecule has 200 valence electrons. The van der Waals surface area contributed by atoms with Gasteiger partial charge in [0.2, 0.25) is 5.91 Å². The molecule has 3 rings (SSSR count). The van der Waals surface area contributed by atoms with Crippen molar-refractivity contribution in [3.8, 4) is 16.9 Å². The van der Waals surface area contributed by atoms with Gasteiger partial charge in [-0.3, -0.25) is 14.9 Å². The predicted octanol–water partition coefficient (Wildman–Crippen LogP) is 6.95. The second-order valence-electron chi connectivity index (χ2n) is 9.94. The summed E-state index contributed by atoms with van der Waals surface area (Å²) in [6, 6.07) is 19.2. The average Bonchev–Trinajstić information content (AvgIpc) is 2.89. The van der Waals surface area contributed by atoms with Gasteiger partial charge in [-0.15, -0.1) is 0 Å². The van der Waals surface area contributed by atoms with E-state index in [0.717, 1.165) is 12.0 Å². The largest absolute Gasteiger partial charge is 0.496 e. The monoisotopic (exact) mass is 518 g/mol. The molecule has 0 N–H and O–H groups in total. The summed E-state index contributed by atoms with van der Waals surface area (Å²) in [5.41, 5.74) is 1.77. The van der Waals surface area contributed by atoms with Crippen LogP contribution < -0.4 is 9.64 Å². The van der Waals surface area contributed by atoms with E-state index >= 15 is 0 Å². The van der Waals surface area contributed by atoms with Crippen molar-refractivity contribution in [3.63, 3.8) is 0 Å². The Hall–Kier alpha value is -4.20. The molecule has 0 heterocycles. The molecule has 0 unspecified atom stereocenters. The molecular formula is C30H34N2O6. The van der Waals surface area contributed by atoms with Crippen LogP contribution in [0.1, 0.15) is 62.9 Å². The van der Waals surface area contributed by atoms with Crippen LogP contribution >= 0.6 is 0 Å². The van der Waals surface area contributed by atoms with Gasteiger partial charge in [-0.25, -0.2) is 4.79 Å². The number of hydrogen-bond donors (Lipinski definition) is 0. The van der Waals surface area contributed by atoms with E-state index in [0.29, 0.717) is 28.9 Å². The number of benzene rings is 3. The highest BCUT2D eigenvalue weighted by Crippen LogP contribution is 2.34. The Morgan fingerprint density at radius 2 is 1.71 bits per heavy atom. The zero-order valence-electron chi connectivity index (χ0n) is 22.5. The molecule has 8 nitrogen and oxygen atoms in total. The van der Waals surface area contributed by atoms with Gasteiger partial charge >= 0.3 is 5.97 Å². The number of ether oxygens (including phenoxy) is 2. The van der Waals surface area contributed by atoms with E-state index < -0.39 is 16.5 Å². The van der Waals surface area contributed by atoms with Gasteiger partial charge in [0, 0.05) is 6.42 Å². The smallest absolute Gasteiger partial charge is 0.339 e. The van der Waals surface area contributed by atoms with Crippen LogP contribution in [0.5, 0.6) is 5.75 Å². The van der Waals surface area contributed by atoms with Crippen molar-refractivity contribution in [3.05, 3.63) is 88.0 Å². The Kier molecular flexibility index (Phi) is 9.23. The maximum atomic E-state index is 13.3. The minimum Gasteiger partial charge on any atom is -0.496 e. The molecule has 0 saturated heterocycles. The van der Waals surface area contributed by atoms with Crippen LogP contribution in [0.3, 0.4) is 0 Å². The maximum absolute atomic E-state index is 13.3. The first-order valence-corrected chi connectivity index (χ1v) is 12.6. The number of hydrogen-bond acceptors (Lipinski definition) is 6. The summed E-state index contributed by atoms with van der Waals surface area (Å²) in [4.78, 5) is 39.4. The molecule has 38 heavy (non-hydrogen) atoms. The first-order valence-electron chi connectivity index (χ1n) is 12.6. The van der Waals surface area contributed by atoms with Crippen LogP contribution in [-0.4, -0.2) is 29.5 Å². The number of carbonyl (C=O) groups is 2. The Balaban J connectivity index is 2.10. The third-order valence-corrected chi connectivity index (χ3v) is 5.84. The lowest BCUT2D eigenvalue weighted by Gasteiger charge is -2.24. The number of rotatable bonds is 10. The minimum atomic E-state index is -0.701. The van der Waals surface area contributed by atoms with Crippen LogP contribution in [0.15, 0.2) is 66.7 Å². The van der Waals surface area contributed by atoms with E-state index in [-0.39, 0.29) is 30.2 Å². The number of carbonyl (C=O) groups excluding carboxylic acids is 2. The van der Waals surface area contributed by atoms with E-state index in [1.54, 1.807) is 32.9 Å². The summed E-state index contributed by atoms with van der Waals surface area (Å²) in [5.74, 6) is -0.413. The van der Waals surface area contributed by atoms with Crippen molar-refractivity contribution < 1.29 is 24.0 Å². The lowest BCUT2D eigenvalue weighted by molar-refractivity contribution is -0.384. The minimum absolute atomic E-state index is 0.0422. The Bertz CT molecular complexity index is 1300. The van der Waals surface area contributed by atoms with Gasteiger partial charge < -0.3 is 14.4 Å². The fourth-order valence-electron chi connectivity index (χ4n) is 4.02. The Morgan fingerprint density at radius 3 is 2.32 bits per heavy atom. The zero-order valence-corrected chi connectivity index (χ0v) is 22.5. The van der Waals surface area contributed by atoms with Gasteiger partial charge in [0.05, 0.1) is 30.2 Å². The number of anilines is 1. The molecule has 8 heteroatoms. The molecule has 0 spiro atoms. The van der Waals surface area contributed by atoms with Crippen LogP contribution in [0, 0.1) is 10.1 Å². The normalized spacial score (nSPS) is 11.1. The van der Waals surface area contributed by atoms with Gasteiger partial charge in [0.15, 0.2) is 0 Å². The highest BCUT2D eigenvalue weighted by Gasteiger charge is 2.27. The van der Waals surface area contributed by atoms with Crippen LogP contribution in [0.25, 0.3) is 11.1 Å². The number of nitro groups is 1. The number of nitrogens with zero attached hydrogens (tertiary/aromatic N) is 2. The summed E-state index contributed by atoms with van der Waals surface area (Å²) >= 11 is 0. The third-order valence-electron chi connectivity index (χ3n) is 5.84. The van der Waals surface area contributed by atoms with Crippen molar-refractivity contribution in [1.82, 2.24) is 0 Å². The van der Waals surface area contributed by atoms with Gasteiger partial charge in [-0.2, -0.15) is 0 Å². The summed E-state index contributed by atoms with van der Waals surface area (Å²) < 4.78 is 10.8. The molecule has 0 bridgehead atoms. The van der Waals surface area contributed by atoms with Crippen LogP contribution in [0.4, 0.5) is 11.4 Å². The SMILES string of the molecule is CCCCC(=O)N(Cc1ccc(-c2ccccc2)c(C(=O)OC(C)(C)C)c1)c1ccc(OC)cc1[N+](=O)[O-]. The molecule has 0 aliphatic carbocycles. The molecule has 0 aliphatic heterocycles. The Labute approximate surface area is 223 Å². The van der Waals surface area contributed by atoms with Gasteiger partial charge in [-0.1, -0.05) is 55.8 Å². The summed E-state index contributed by atoms with van der Waals surface area (Å²) in [5, 5.41) is 11.9. The lowest BCUT2D eigenvalue weighted by atomic mass is 9.97. The first kappa shape index (κ1) is 28.4. The molecule has 0 aromatic heterocycles. The topological polar surface area (TPSA) is 99.0 Å². The number of methoxy groups -OCH3 is 1. The van der Waals surface area contributed by atoms with Crippen molar-refractivity contribution >= 4 is 23.3 Å². The predicted molar refractivity (Wildman–Crippen MR) is 147 cm³/mol. The number of nitro benzene ring substituents is 1. The molecule has 3 aromatic rings. The van der Waals surface area contributed by atoms with E-state index in [1.165, 1.54) is 24.1 Å². The molecule has 0 atom stereocenters. The molecule has 3 aromatic carbocycles. The molecule has 0 fully saturated rings. The molecule has 0 radical (unpaired) electrons. The molecular weight excluding hydrogens is 484 g/mol. The number of amides is 1. The quantitative estimate of drug-likeness (QED) is 0.164. The summed E-state index contributed by atoms with van der Waals surface area (Å²) in [6.45, 7) is 7.42. The van der Waals surface area contributed by atoms with Gasteiger partial charge in [0.25, 0.3) is 5.69 Å². The second-order valence-corrected chi connectivity index (χ2v) is 9.94. The summed E-state index contributed by atoms with van der Waals surface area (Å²) in [6.07, 6.45) is 1.69. The molecule has 0 saturated carbocycles. The average molecular weight is 519 g/mol. The second kappa shape index (κ2) is 12.4. The number of unbranched alkanes of at least 4 members (excludes halogenated alkanes) is 1. The van der Waals surface area contributed by atoms with Crippen molar-refractivity contribution in [2.24, 2.45) is 0 Å². The third kappa shape index (κ3) is 7.18. The fourth-order valence-corrected chi connectivity index (χ4v) is 4.02. The fraction of sp³-hybridized carbons (Fsp3) is 0.333. The van der Waals surface area contributed by atoms with Crippen LogP contribution in [0.2, 0.25) is 0 Å². The van der Waals surface area contributed by atoms with E-state index in [9.17, 15) is 19.7 Å². The standard InChI is InChI=1S/C30H34N2O6/c1-6-7-13-28(33)31(26-17-15-23(37-5)19-27(26)32(35)36)20-21-14-16-24(22-11-9-8-10-12-22)25(18-21)29(34)38-30(2,3)4/h8-12,14-19H,6-7,13,20H2,1-5H3. The van der Waals surface area contributed by atoms with Gasteiger partial charge in [-0.05, 0) is 62.1 Å². The van der Waals surface area contributed by atoms with E-state index in [2.05, 4.69) is 0 Å². The lowest BCUT2D eigenvalue weighted by Crippen LogP contribution is -2.31. The molecule has 0 aliphatic rings. The van der Waals surface area contributed by atoms with E-state index in [1.807, 2.05) is 49.4 Å². The highest BCUT2D eigenvalue weighted by molar-refractivity contribution is 5.98. The van der Waals surface area contributed by atoms with Crippen molar-refractivity contribution in [2.75, 3.05) is 12.0 Å². The first-order chi connectivity index (χ1) is 18.0. The highest BCUT2D eigenvalue weighted by atomic mass is 16.6. The summed E-state index contributed by atoms with van der Waals surface area (Å²) in [7, 11) is 1.43. The van der Waals surface area contributed by atoms with Gasteiger partial charge in [0.1, 0.15) is 17.0 Å². The Morgan fingerprint density at radius 1 is 1.00 bits per heavy atom. The van der Waals surface area contributed by atoms with E-state index in [4.69, 9.17) is 9.47 Å². The van der Waals surface area contributed by atoms with Crippen molar-refractivity contribution in [1.29, 1.82) is 0 Å². The molecule has 1 amide bonds. The maximum Gasteiger partial charge on any atom is 0.339 e. The zero-order chi connectivity index (χ0) is 27.9. The van der Waals surface area contributed by atoms with Crippen molar-refractivity contribution in [2.45, 2.75) is 59.1 Å². The number of esters is 1.